The van der Waals surface area contributed by atoms with Crippen molar-refractivity contribution in [3.05, 3.63) is 57.8 Å². The first kappa shape index (κ1) is 22.9. The second kappa shape index (κ2) is 9.43. The lowest BCUT2D eigenvalue weighted by Gasteiger charge is -2.17. The van der Waals surface area contributed by atoms with Crippen LogP contribution in [0.2, 0.25) is 10.0 Å². The summed E-state index contributed by atoms with van der Waals surface area (Å²) in [6, 6.07) is 6.45. The lowest BCUT2D eigenvalue weighted by atomic mass is 10.2. The van der Waals surface area contributed by atoms with Gasteiger partial charge in [0, 0.05) is 5.69 Å². The van der Waals surface area contributed by atoms with E-state index >= 15 is 0 Å². The fourth-order valence-electron chi connectivity index (χ4n) is 2.35. The topological polar surface area (TPSA) is 61.4 Å². The summed E-state index contributed by atoms with van der Waals surface area (Å²) in [7, 11) is 1.47. The molecule has 0 saturated heterocycles. The van der Waals surface area contributed by atoms with Crippen LogP contribution in [-0.4, -0.2) is 36.9 Å². The van der Waals surface area contributed by atoms with Crippen molar-refractivity contribution in [1.82, 2.24) is 4.90 Å². The van der Waals surface area contributed by atoms with Gasteiger partial charge in [0.05, 0.1) is 34.4 Å². The molecule has 156 valence electrons. The summed E-state index contributed by atoms with van der Waals surface area (Å²) in [6.45, 7) is -0.482. The third-order valence-electron chi connectivity index (χ3n) is 3.59. The molecule has 0 bridgehead atoms. The number of nitrogens with zero attached hydrogens (tertiary/aromatic N) is 1. The lowest BCUT2D eigenvalue weighted by Crippen LogP contribution is -2.36. The molecule has 5 nitrogen and oxygen atoms in total. The van der Waals surface area contributed by atoms with Crippen molar-refractivity contribution in [2.24, 2.45) is 0 Å². The number of anilines is 2. The van der Waals surface area contributed by atoms with E-state index in [4.69, 9.17) is 23.2 Å². The molecule has 11 heteroatoms. The summed E-state index contributed by atoms with van der Waals surface area (Å²) in [5.74, 6) is -1.70. The van der Waals surface area contributed by atoms with Crippen LogP contribution in [-0.2, 0) is 15.8 Å². The number of likely N-dealkylation sites (N-methyl/N-ethyl adjacent to an activating group) is 1. The highest BCUT2D eigenvalue weighted by atomic mass is 35.5. The molecular formula is C18H15Cl2F4N3O2. The molecule has 2 aromatic rings. The molecule has 0 atom stereocenters. The zero-order valence-corrected chi connectivity index (χ0v) is 16.4. The van der Waals surface area contributed by atoms with E-state index in [0.717, 1.165) is 24.3 Å². The molecule has 0 aliphatic heterocycles. The molecule has 0 saturated carbocycles. The Bertz CT molecular complexity index is 922. The molecule has 2 rings (SSSR count). The van der Waals surface area contributed by atoms with Gasteiger partial charge in [0.25, 0.3) is 0 Å². The van der Waals surface area contributed by atoms with Crippen LogP contribution in [0.25, 0.3) is 0 Å². The van der Waals surface area contributed by atoms with Gasteiger partial charge in [-0.1, -0.05) is 23.2 Å². The van der Waals surface area contributed by atoms with E-state index in [-0.39, 0.29) is 29.5 Å². The summed E-state index contributed by atoms with van der Waals surface area (Å²) in [5, 5.41) is 4.32. The Morgan fingerprint density at radius 3 is 2.17 bits per heavy atom. The van der Waals surface area contributed by atoms with Crippen LogP contribution in [0.5, 0.6) is 0 Å². The molecule has 0 fully saturated rings. The number of alkyl halides is 3. The summed E-state index contributed by atoms with van der Waals surface area (Å²) in [4.78, 5) is 25.4. The molecule has 29 heavy (non-hydrogen) atoms. The highest BCUT2D eigenvalue weighted by Gasteiger charge is 2.33. The number of rotatable bonds is 6. The van der Waals surface area contributed by atoms with Gasteiger partial charge in [0.15, 0.2) is 0 Å². The predicted octanol–water partition coefficient (Wildman–Crippen LogP) is 4.66. The van der Waals surface area contributed by atoms with E-state index in [9.17, 15) is 27.2 Å². The quantitative estimate of drug-likeness (QED) is 0.627. The van der Waals surface area contributed by atoms with E-state index in [2.05, 4.69) is 10.6 Å². The number of hydrogen-bond donors (Lipinski definition) is 2. The Morgan fingerprint density at radius 1 is 0.966 bits per heavy atom. The summed E-state index contributed by atoms with van der Waals surface area (Å²) < 4.78 is 51.6. The Hall–Kier alpha value is -2.36. The van der Waals surface area contributed by atoms with Gasteiger partial charge in [-0.15, -0.1) is 0 Å². The van der Waals surface area contributed by atoms with E-state index in [1.807, 2.05) is 0 Å². The van der Waals surface area contributed by atoms with Crippen molar-refractivity contribution >= 4 is 46.4 Å². The minimum Gasteiger partial charge on any atom is -0.325 e. The highest BCUT2D eigenvalue weighted by molar-refractivity contribution is 6.33. The van der Waals surface area contributed by atoms with Crippen LogP contribution in [0.3, 0.4) is 0 Å². The van der Waals surface area contributed by atoms with Crippen LogP contribution in [0, 0.1) is 5.82 Å². The van der Waals surface area contributed by atoms with E-state index in [0.29, 0.717) is 0 Å². The number of carbonyl (C=O) groups is 2. The Balaban J connectivity index is 1.91. The zero-order chi connectivity index (χ0) is 21.8. The average Bonchev–Trinajstić information content (AvgIpc) is 2.57. The molecule has 0 unspecified atom stereocenters. The standard InChI is InChI=1S/C18H15Cl2F4N3O2/c1-27(9-17(29)26-15-5-2-10(21)6-14(15)20)8-16(28)25-11-3-4-13(19)12(7-11)18(22,23)24/h2-7H,8-9H2,1H3,(H,25,28)(H,26,29). The number of nitrogens with one attached hydrogen (secondary N) is 2. The second-order valence-corrected chi connectivity index (χ2v) is 6.90. The fourth-order valence-corrected chi connectivity index (χ4v) is 2.79. The first-order valence-electron chi connectivity index (χ1n) is 8.05. The summed E-state index contributed by atoms with van der Waals surface area (Å²) >= 11 is 11.3. The average molecular weight is 452 g/mol. The van der Waals surface area contributed by atoms with Crippen molar-refractivity contribution in [2.45, 2.75) is 6.18 Å². The lowest BCUT2D eigenvalue weighted by molar-refractivity contribution is -0.137. The van der Waals surface area contributed by atoms with Gasteiger partial charge in [-0.2, -0.15) is 13.2 Å². The Kier molecular flexibility index (Phi) is 7.45. The van der Waals surface area contributed by atoms with Gasteiger partial charge in [-0.25, -0.2) is 4.39 Å². The van der Waals surface area contributed by atoms with Gasteiger partial charge >= 0.3 is 6.18 Å². The number of halogens is 6. The van der Waals surface area contributed by atoms with Gasteiger partial charge in [-0.05, 0) is 43.4 Å². The summed E-state index contributed by atoms with van der Waals surface area (Å²) in [5.41, 5.74) is -0.944. The molecule has 0 aliphatic carbocycles. The summed E-state index contributed by atoms with van der Waals surface area (Å²) in [6.07, 6.45) is -4.66. The molecule has 2 aromatic carbocycles. The molecular weight excluding hydrogens is 437 g/mol. The van der Waals surface area contributed by atoms with Crippen LogP contribution in [0.4, 0.5) is 28.9 Å². The van der Waals surface area contributed by atoms with Crippen LogP contribution >= 0.6 is 23.2 Å². The molecule has 0 aromatic heterocycles. The predicted molar refractivity (Wildman–Crippen MR) is 103 cm³/mol. The van der Waals surface area contributed by atoms with Gasteiger partial charge < -0.3 is 10.6 Å². The second-order valence-electron chi connectivity index (χ2n) is 6.09. The largest absolute Gasteiger partial charge is 0.417 e. The molecule has 0 aliphatic rings. The molecule has 0 heterocycles. The third kappa shape index (κ3) is 6.88. The number of benzene rings is 2. The van der Waals surface area contributed by atoms with Gasteiger partial charge in [0.2, 0.25) is 11.8 Å². The van der Waals surface area contributed by atoms with Crippen LogP contribution < -0.4 is 10.6 Å². The SMILES string of the molecule is CN(CC(=O)Nc1ccc(Cl)c(C(F)(F)F)c1)CC(=O)Nc1ccc(F)cc1Cl. The van der Waals surface area contributed by atoms with Crippen molar-refractivity contribution in [2.75, 3.05) is 30.8 Å². The third-order valence-corrected chi connectivity index (χ3v) is 4.23. The normalized spacial score (nSPS) is 11.4. The first-order chi connectivity index (χ1) is 13.5. The molecule has 0 spiro atoms. The fraction of sp³-hybridized carbons (Fsp3) is 0.222. The van der Waals surface area contributed by atoms with E-state index in [1.54, 1.807) is 0 Å². The molecule has 2 amide bonds. The Morgan fingerprint density at radius 2 is 1.59 bits per heavy atom. The maximum absolute atomic E-state index is 13.0. The van der Waals surface area contributed by atoms with Gasteiger partial charge in [-0.3, -0.25) is 14.5 Å². The smallest absolute Gasteiger partial charge is 0.325 e. The van der Waals surface area contributed by atoms with Crippen LogP contribution in [0.15, 0.2) is 36.4 Å². The van der Waals surface area contributed by atoms with Crippen LogP contribution in [0.1, 0.15) is 5.56 Å². The van der Waals surface area contributed by atoms with Crippen molar-refractivity contribution in [3.63, 3.8) is 0 Å². The van der Waals surface area contributed by atoms with Gasteiger partial charge in [0.1, 0.15) is 5.82 Å². The Labute approximate surface area is 173 Å². The van der Waals surface area contributed by atoms with E-state index < -0.39 is 34.4 Å². The first-order valence-corrected chi connectivity index (χ1v) is 8.81. The van der Waals surface area contributed by atoms with Crippen molar-refractivity contribution in [1.29, 1.82) is 0 Å². The minimum absolute atomic E-state index is 0.0157. The maximum atomic E-state index is 13.0. The van der Waals surface area contributed by atoms with Crippen molar-refractivity contribution < 1.29 is 27.2 Å². The van der Waals surface area contributed by atoms with Crippen molar-refractivity contribution in [3.8, 4) is 0 Å². The number of hydrogen-bond acceptors (Lipinski definition) is 3. The number of amides is 2. The minimum atomic E-state index is -4.66. The van der Waals surface area contributed by atoms with E-state index in [1.165, 1.54) is 24.1 Å². The highest BCUT2D eigenvalue weighted by Crippen LogP contribution is 2.36. The maximum Gasteiger partial charge on any atom is 0.417 e. The zero-order valence-electron chi connectivity index (χ0n) is 14.9. The molecule has 0 radical (unpaired) electrons. The molecule has 2 N–H and O–H groups in total. The number of carbonyl (C=O) groups excluding carboxylic acids is 2. The monoisotopic (exact) mass is 451 g/mol.